The highest BCUT2D eigenvalue weighted by molar-refractivity contribution is 5.47. The van der Waals surface area contributed by atoms with E-state index in [2.05, 4.69) is 30.4 Å². The van der Waals surface area contributed by atoms with Crippen LogP contribution in [0.4, 0.5) is 5.69 Å². The lowest BCUT2D eigenvalue weighted by atomic mass is 10.1. The van der Waals surface area contributed by atoms with E-state index >= 15 is 0 Å². The van der Waals surface area contributed by atoms with Crippen LogP contribution in [0.3, 0.4) is 0 Å². The molecule has 0 aromatic heterocycles. The van der Waals surface area contributed by atoms with Crippen LogP contribution in [0.2, 0.25) is 0 Å². The summed E-state index contributed by atoms with van der Waals surface area (Å²) in [6, 6.07) is 18.5. The van der Waals surface area contributed by atoms with Gasteiger partial charge in [0.1, 0.15) is 5.75 Å². The molecule has 3 heteroatoms. The summed E-state index contributed by atoms with van der Waals surface area (Å²) in [5, 5.41) is 12.1. The Hall–Kier alpha value is -2.47. The maximum absolute atomic E-state index is 8.67. The van der Waals surface area contributed by atoms with Crippen molar-refractivity contribution < 1.29 is 4.74 Å². The number of hydrogen-bond acceptors (Lipinski definition) is 3. The van der Waals surface area contributed by atoms with Crippen LogP contribution in [0.1, 0.15) is 31.0 Å². The van der Waals surface area contributed by atoms with Gasteiger partial charge in [-0.2, -0.15) is 5.26 Å². The molecule has 0 bridgehead atoms. The van der Waals surface area contributed by atoms with Crippen LogP contribution in [0.5, 0.6) is 5.75 Å². The van der Waals surface area contributed by atoms with Gasteiger partial charge in [0.25, 0.3) is 0 Å². The molecule has 0 spiro atoms. The summed E-state index contributed by atoms with van der Waals surface area (Å²) in [5.74, 6) is 0.898. The zero-order valence-corrected chi connectivity index (χ0v) is 12.5. The van der Waals surface area contributed by atoms with Crippen LogP contribution in [0.15, 0.2) is 48.5 Å². The Balaban J connectivity index is 2.00. The molecule has 2 rings (SSSR count). The molecular formula is C18H20N2O. The molecule has 2 aromatic rings. The molecule has 0 amide bonds. The number of anilines is 1. The number of nitrogens with one attached hydrogen (secondary N) is 1. The third-order valence-electron chi connectivity index (χ3n) is 3.31. The predicted octanol–water partition coefficient (Wildman–Crippen LogP) is 4.32. The first-order valence-corrected chi connectivity index (χ1v) is 7.18. The first-order chi connectivity index (χ1) is 10.2. The molecule has 21 heavy (non-hydrogen) atoms. The van der Waals surface area contributed by atoms with Crippen LogP contribution >= 0.6 is 0 Å². The van der Waals surface area contributed by atoms with Crippen LogP contribution in [-0.4, -0.2) is 6.61 Å². The van der Waals surface area contributed by atoms with E-state index < -0.39 is 0 Å². The summed E-state index contributed by atoms with van der Waals surface area (Å²) in [7, 11) is 0. The monoisotopic (exact) mass is 280 g/mol. The van der Waals surface area contributed by atoms with Crippen LogP contribution in [-0.2, 0) is 6.42 Å². The van der Waals surface area contributed by atoms with Gasteiger partial charge in [-0.15, -0.1) is 0 Å². The topological polar surface area (TPSA) is 45.0 Å². The molecule has 0 saturated carbocycles. The first-order valence-electron chi connectivity index (χ1n) is 7.18. The Kier molecular flexibility index (Phi) is 5.22. The summed E-state index contributed by atoms with van der Waals surface area (Å²) < 4.78 is 5.45. The molecular weight excluding hydrogens is 260 g/mol. The fourth-order valence-corrected chi connectivity index (χ4v) is 2.16. The van der Waals surface area contributed by atoms with E-state index in [0.29, 0.717) is 13.0 Å². The van der Waals surface area contributed by atoms with Crippen molar-refractivity contribution in [3.63, 3.8) is 0 Å². The first kappa shape index (κ1) is 14.9. The van der Waals surface area contributed by atoms with Gasteiger partial charge in [0, 0.05) is 11.7 Å². The molecule has 1 unspecified atom stereocenters. The largest absolute Gasteiger partial charge is 0.494 e. The van der Waals surface area contributed by atoms with Crippen molar-refractivity contribution in [3.05, 3.63) is 59.7 Å². The number of benzene rings is 2. The van der Waals surface area contributed by atoms with Crippen molar-refractivity contribution in [2.45, 2.75) is 26.3 Å². The molecule has 0 aliphatic rings. The minimum absolute atomic E-state index is 0.211. The zero-order valence-electron chi connectivity index (χ0n) is 12.5. The van der Waals surface area contributed by atoms with Gasteiger partial charge in [-0.05, 0) is 49.2 Å². The highest BCUT2D eigenvalue weighted by Crippen LogP contribution is 2.22. The van der Waals surface area contributed by atoms with Gasteiger partial charge in [0.2, 0.25) is 0 Å². The van der Waals surface area contributed by atoms with E-state index in [4.69, 9.17) is 10.00 Å². The number of rotatable bonds is 6. The molecule has 1 N–H and O–H groups in total. The Morgan fingerprint density at radius 2 is 1.76 bits per heavy atom. The second-order valence-electron chi connectivity index (χ2n) is 4.90. The van der Waals surface area contributed by atoms with Gasteiger partial charge in [-0.1, -0.05) is 24.3 Å². The van der Waals surface area contributed by atoms with Gasteiger partial charge in [-0.25, -0.2) is 0 Å². The SMILES string of the molecule is CCOc1ccc(C(C)Nc2ccc(CC#N)cc2)cc1. The molecule has 108 valence electrons. The number of nitriles is 1. The van der Waals surface area contributed by atoms with Crippen molar-refractivity contribution in [2.75, 3.05) is 11.9 Å². The van der Waals surface area contributed by atoms with Crippen LogP contribution < -0.4 is 10.1 Å². The lowest BCUT2D eigenvalue weighted by molar-refractivity contribution is 0.340. The molecule has 2 aromatic carbocycles. The highest BCUT2D eigenvalue weighted by atomic mass is 16.5. The van der Waals surface area contributed by atoms with Gasteiger partial charge in [0.05, 0.1) is 19.1 Å². The number of ether oxygens (including phenoxy) is 1. The number of hydrogen-bond donors (Lipinski definition) is 1. The van der Waals surface area contributed by atoms with E-state index in [0.717, 1.165) is 17.0 Å². The molecule has 0 aliphatic carbocycles. The van der Waals surface area contributed by atoms with Crippen LogP contribution in [0, 0.1) is 11.3 Å². The average Bonchev–Trinajstić information content (AvgIpc) is 2.50. The fraction of sp³-hybridized carbons (Fsp3) is 0.278. The minimum atomic E-state index is 0.211. The van der Waals surface area contributed by atoms with Gasteiger partial charge < -0.3 is 10.1 Å². The van der Waals surface area contributed by atoms with Crippen molar-refractivity contribution in [2.24, 2.45) is 0 Å². The summed E-state index contributed by atoms with van der Waals surface area (Å²) in [6.07, 6.45) is 0.453. The van der Waals surface area contributed by atoms with E-state index in [1.54, 1.807) is 0 Å². The van der Waals surface area contributed by atoms with Crippen molar-refractivity contribution in [1.29, 1.82) is 5.26 Å². The summed E-state index contributed by atoms with van der Waals surface area (Å²) in [6.45, 7) is 4.79. The van der Waals surface area contributed by atoms with E-state index in [1.165, 1.54) is 5.56 Å². The molecule has 1 atom stereocenters. The maximum atomic E-state index is 8.67. The fourth-order valence-electron chi connectivity index (χ4n) is 2.16. The van der Waals surface area contributed by atoms with Gasteiger partial charge in [-0.3, -0.25) is 0 Å². The Morgan fingerprint density at radius 1 is 1.10 bits per heavy atom. The average molecular weight is 280 g/mol. The second kappa shape index (κ2) is 7.35. The smallest absolute Gasteiger partial charge is 0.119 e. The maximum Gasteiger partial charge on any atom is 0.119 e. The molecule has 0 fully saturated rings. The third kappa shape index (κ3) is 4.25. The standard InChI is InChI=1S/C18H20N2O/c1-3-21-18-10-6-16(7-11-18)14(2)20-17-8-4-15(5-9-17)12-13-19/h4-11,14,20H,3,12H2,1-2H3. The highest BCUT2D eigenvalue weighted by Gasteiger charge is 2.05. The quantitative estimate of drug-likeness (QED) is 0.856. The van der Waals surface area contributed by atoms with Gasteiger partial charge >= 0.3 is 0 Å². The number of nitrogens with zero attached hydrogens (tertiary/aromatic N) is 1. The zero-order chi connectivity index (χ0) is 15.1. The second-order valence-corrected chi connectivity index (χ2v) is 4.90. The summed E-state index contributed by atoms with van der Waals surface area (Å²) in [5.41, 5.74) is 3.30. The third-order valence-corrected chi connectivity index (χ3v) is 3.31. The Bertz CT molecular complexity index is 597. The van der Waals surface area contributed by atoms with Gasteiger partial charge in [0.15, 0.2) is 0 Å². The molecule has 0 saturated heterocycles. The molecule has 3 nitrogen and oxygen atoms in total. The van der Waals surface area contributed by atoms with Crippen molar-refractivity contribution >= 4 is 5.69 Å². The van der Waals surface area contributed by atoms with Crippen molar-refractivity contribution in [1.82, 2.24) is 0 Å². The van der Waals surface area contributed by atoms with E-state index in [-0.39, 0.29) is 6.04 Å². The van der Waals surface area contributed by atoms with Crippen LogP contribution in [0.25, 0.3) is 0 Å². The summed E-state index contributed by atoms with van der Waals surface area (Å²) in [4.78, 5) is 0. The summed E-state index contributed by atoms with van der Waals surface area (Å²) >= 11 is 0. The van der Waals surface area contributed by atoms with Crippen molar-refractivity contribution in [3.8, 4) is 11.8 Å². The molecule has 0 radical (unpaired) electrons. The Labute approximate surface area is 126 Å². The molecule has 0 aliphatic heterocycles. The molecule has 0 heterocycles. The normalized spacial score (nSPS) is 11.5. The lowest BCUT2D eigenvalue weighted by Crippen LogP contribution is -2.06. The lowest BCUT2D eigenvalue weighted by Gasteiger charge is -2.16. The van der Waals surface area contributed by atoms with E-state index in [1.807, 2.05) is 43.3 Å². The van der Waals surface area contributed by atoms with E-state index in [9.17, 15) is 0 Å². The predicted molar refractivity (Wildman–Crippen MR) is 85.4 cm³/mol. The minimum Gasteiger partial charge on any atom is -0.494 e. The Morgan fingerprint density at radius 3 is 2.33 bits per heavy atom.